The van der Waals surface area contributed by atoms with Crippen LogP contribution < -0.4 is 14.2 Å². The van der Waals surface area contributed by atoms with E-state index in [4.69, 9.17) is 25.8 Å². The molecule has 2 heterocycles. The van der Waals surface area contributed by atoms with Crippen LogP contribution in [-0.4, -0.2) is 11.8 Å². The quantitative estimate of drug-likeness (QED) is 0.819. The Morgan fingerprint density at radius 3 is 2.82 bits per heavy atom. The molecule has 17 heavy (non-hydrogen) atoms. The van der Waals surface area contributed by atoms with Gasteiger partial charge in [-0.3, -0.25) is 0 Å². The zero-order valence-corrected chi connectivity index (χ0v) is 9.48. The molecule has 0 radical (unpaired) electrons. The highest BCUT2D eigenvalue weighted by Crippen LogP contribution is 2.36. The second-order valence-electron chi connectivity index (χ2n) is 3.43. The topological polar surface area (TPSA) is 40.6 Å². The molecular formula is C12H8ClNO3. The highest BCUT2D eigenvalue weighted by atomic mass is 35.5. The van der Waals surface area contributed by atoms with Gasteiger partial charge >= 0.3 is 0 Å². The molecule has 0 fully saturated rings. The van der Waals surface area contributed by atoms with Gasteiger partial charge in [-0.05, 0) is 18.2 Å². The van der Waals surface area contributed by atoms with E-state index in [0.29, 0.717) is 22.4 Å². The summed E-state index contributed by atoms with van der Waals surface area (Å²) in [6.45, 7) is 0.248. The molecule has 0 atom stereocenters. The van der Waals surface area contributed by atoms with E-state index in [0.717, 1.165) is 5.75 Å². The lowest BCUT2D eigenvalue weighted by molar-refractivity contribution is 0.174. The summed E-state index contributed by atoms with van der Waals surface area (Å²) in [5.41, 5.74) is 0. The molecule has 5 heteroatoms. The number of rotatable bonds is 2. The number of benzene rings is 1. The Morgan fingerprint density at radius 2 is 2.00 bits per heavy atom. The Labute approximate surface area is 103 Å². The average molecular weight is 250 g/mol. The monoisotopic (exact) mass is 249 g/mol. The number of halogens is 1. The molecule has 0 unspecified atom stereocenters. The molecule has 1 aromatic heterocycles. The molecule has 1 aliphatic rings. The van der Waals surface area contributed by atoms with E-state index in [1.807, 2.05) is 0 Å². The van der Waals surface area contributed by atoms with Gasteiger partial charge in [0.25, 0.3) is 0 Å². The highest BCUT2D eigenvalue weighted by Gasteiger charge is 2.14. The largest absolute Gasteiger partial charge is 0.454 e. The van der Waals surface area contributed by atoms with Gasteiger partial charge in [0.2, 0.25) is 12.7 Å². The Morgan fingerprint density at radius 1 is 1.12 bits per heavy atom. The summed E-state index contributed by atoms with van der Waals surface area (Å²) in [6.07, 6.45) is 1.53. The molecule has 2 aromatic rings. The molecule has 0 bridgehead atoms. The lowest BCUT2D eigenvalue weighted by atomic mass is 10.3. The van der Waals surface area contributed by atoms with Crippen LogP contribution in [0.5, 0.6) is 23.1 Å². The van der Waals surface area contributed by atoms with Gasteiger partial charge in [-0.15, -0.1) is 0 Å². The number of nitrogens with zero attached hydrogens (tertiary/aromatic N) is 1. The van der Waals surface area contributed by atoms with Crippen molar-refractivity contribution in [1.29, 1.82) is 0 Å². The van der Waals surface area contributed by atoms with E-state index in [1.54, 1.807) is 30.3 Å². The van der Waals surface area contributed by atoms with Crippen molar-refractivity contribution >= 4 is 11.6 Å². The van der Waals surface area contributed by atoms with Gasteiger partial charge in [-0.1, -0.05) is 11.6 Å². The zero-order valence-electron chi connectivity index (χ0n) is 8.72. The van der Waals surface area contributed by atoms with E-state index in [9.17, 15) is 0 Å². The van der Waals surface area contributed by atoms with Gasteiger partial charge in [0.15, 0.2) is 11.5 Å². The number of fused-ring (bicyclic) bond motifs is 1. The van der Waals surface area contributed by atoms with Crippen molar-refractivity contribution in [2.45, 2.75) is 0 Å². The Balaban J connectivity index is 1.83. The lowest BCUT2D eigenvalue weighted by Gasteiger charge is -2.05. The molecule has 3 rings (SSSR count). The predicted octanol–water partition coefficient (Wildman–Crippen LogP) is 3.26. The number of aromatic nitrogens is 1. The van der Waals surface area contributed by atoms with Crippen LogP contribution in [0.15, 0.2) is 36.5 Å². The van der Waals surface area contributed by atoms with E-state index in [1.165, 1.54) is 6.20 Å². The first kappa shape index (κ1) is 10.2. The Kier molecular flexibility index (Phi) is 2.49. The van der Waals surface area contributed by atoms with Crippen molar-refractivity contribution in [3.8, 4) is 23.1 Å². The summed E-state index contributed by atoms with van der Waals surface area (Å²) in [5.74, 6) is 2.52. The van der Waals surface area contributed by atoms with Crippen molar-refractivity contribution in [2.24, 2.45) is 0 Å². The lowest BCUT2D eigenvalue weighted by Crippen LogP contribution is -1.92. The minimum Gasteiger partial charge on any atom is -0.454 e. The summed E-state index contributed by atoms with van der Waals surface area (Å²) in [6, 6.07) is 8.78. The molecule has 0 N–H and O–H groups in total. The van der Waals surface area contributed by atoms with Crippen molar-refractivity contribution in [3.05, 3.63) is 41.6 Å². The number of pyridine rings is 1. The number of ether oxygens (including phenoxy) is 3. The van der Waals surface area contributed by atoms with Crippen molar-refractivity contribution in [3.63, 3.8) is 0 Å². The molecule has 0 saturated heterocycles. The molecular weight excluding hydrogens is 242 g/mol. The third-order valence-corrected chi connectivity index (χ3v) is 2.49. The first-order chi connectivity index (χ1) is 8.31. The molecule has 1 aromatic carbocycles. The van der Waals surface area contributed by atoms with Crippen LogP contribution in [-0.2, 0) is 0 Å². The van der Waals surface area contributed by atoms with E-state index >= 15 is 0 Å². The Hall–Kier alpha value is -1.94. The van der Waals surface area contributed by atoms with Crippen LogP contribution in [0, 0.1) is 0 Å². The van der Waals surface area contributed by atoms with Crippen LogP contribution >= 0.6 is 11.6 Å². The minimum atomic E-state index is 0.248. The van der Waals surface area contributed by atoms with Gasteiger partial charge in [-0.25, -0.2) is 4.98 Å². The van der Waals surface area contributed by atoms with E-state index in [2.05, 4.69) is 4.98 Å². The second-order valence-corrected chi connectivity index (χ2v) is 3.87. The summed E-state index contributed by atoms with van der Waals surface area (Å²) in [7, 11) is 0. The third-order valence-electron chi connectivity index (χ3n) is 2.27. The molecule has 4 nitrogen and oxygen atoms in total. The average Bonchev–Trinajstić information content (AvgIpc) is 2.79. The summed E-state index contributed by atoms with van der Waals surface area (Å²) in [5, 5.41) is 0.572. The SMILES string of the molecule is Clc1ccc(Oc2ccc3c(c2)OCO3)nc1. The fourth-order valence-electron chi connectivity index (χ4n) is 1.48. The molecule has 0 amide bonds. The normalized spacial score (nSPS) is 12.5. The van der Waals surface area contributed by atoms with E-state index in [-0.39, 0.29) is 6.79 Å². The molecule has 86 valence electrons. The maximum absolute atomic E-state index is 5.74. The number of hydrogen-bond acceptors (Lipinski definition) is 4. The summed E-state index contributed by atoms with van der Waals surface area (Å²) in [4.78, 5) is 4.04. The Bertz CT molecular complexity index is 542. The molecule has 1 aliphatic heterocycles. The summed E-state index contributed by atoms with van der Waals surface area (Å²) < 4.78 is 16.0. The minimum absolute atomic E-state index is 0.248. The van der Waals surface area contributed by atoms with Gasteiger partial charge in [-0.2, -0.15) is 0 Å². The van der Waals surface area contributed by atoms with E-state index < -0.39 is 0 Å². The van der Waals surface area contributed by atoms with Crippen LogP contribution in [0.2, 0.25) is 5.02 Å². The smallest absolute Gasteiger partial charge is 0.231 e. The van der Waals surface area contributed by atoms with Gasteiger partial charge in [0.1, 0.15) is 5.75 Å². The predicted molar refractivity (Wildman–Crippen MR) is 61.9 cm³/mol. The fraction of sp³-hybridized carbons (Fsp3) is 0.0833. The standard InChI is InChI=1S/C12H8ClNO3/c13-8-1-4-12(14-6-8)17-9-2-3-10-11(5-9)16-7-15-10/h1-6H,7H2. The third kappa shape index (κ3) is 2.12. The summed E-state index contributed by atoms with van der Waals surface area (Å²) >= 11 is 5.74. The van der Waals surface area contributed by atoms with Crippen LogP contribution in [0.25, 0.3) is 0 Å². The van der Waals surface area contributed by atoms with Crippen LogP contribution in [0.3, 0.4) is 0 Å². The van der Waals surface area contributed by atoms with Gasteiger partial charge in [0.05, 0.1) is 5.02 Å². The van der Waals surface area contributed by atoms with Crippen LogP contribution in [0.4, 0.5) is 0 Å². The van der Waals surface area contributed by atoms with Crippen LogP contribution in [0.1, 0.15) is 0 Å². The van der Waals surface area contributed by atoms with Gasteiger partial charge in [0, 0.05) is 18.3 Å². The first-order valence-corrected chi connectivity index (χ1v) is 5.38. The van der Waals surface area contributed by atoms with Gasteiger partial charge < -0.3 is 14.2 Å². The zero-order chi connectivity index (χ0) is 11.7. The molecule has 0 spiro atoms. The first-order valence-electron chi connectivity index (χ1n) is 5.00. The molecule has 0 saturated carbocycles. The fourth-order valence-corrected chi connectivity index (χ4v) is 1.60. The highest BCUT2D eigenvalue weighted by molar-refractivity contribution is 6.30. The maximum Gasteiger partial charge on any atom is 0.231 e. The van der Waals surface area contributed by atoms with Crippen molar-refractivity contribution in [1.82, 2.24) is 4.98 Å². The second kappa shape index (κ2) is 4.14. The van der Waals surface area contributed by atoms with Crippen molar-refractivity contribution in [2.75, 3.05) is 6.79 Å². The number of hydrogen-bond donors (Lipinski definition) is 0. The maximum atomic E-state index is 5.74. The van der Waals surface area contributed by atoms with Crippen molar-refractivity contribution < 1.29 is 14.2 Å². The molecule has 0 aliphatic carbocycles.